The van der Waals surface area contributed by atoms with Crippen molar-refractivity contribution in [1.29, 1.82) is 0 Å². The Kier molecular flexibility index (Phi) is 5.16. The molecule has 0 saturated carbocycles. The van der Waals surface area contributed by atoms with Gasteiger partial charge in [0, 0.05) is 38.4 Å². The normalized spacial score (nSPS) is 15.3. The molecule has 0 unspecified atom stereocenters. The summed E-state index contributed by atoms with van der Waals surface area (Å²) in [5.41, 5.74) is 4.87. The SMILES string of the molecule is Cc1ccc(C)c(CN2CCN(C(=O)Nc3ccccc3)CC2)c1. The van der Waals surface area contributed by atoms with Gasteiger partial charge in [0.1, 0.15) is 0 Å². The standard InChI is InChI=1S/C20H25N3O/c1-16-8-9-17(2)18(14-16)15-22-10-12-23(13-11-22)20(24)21-19-6-4-3-5-7-19/h3-9,14H,10-13,15H2,1-2H3,(H,21,24). The van der Waals surface area contributed by atoms with Crippen molar-refractivity contribution in [1.82, 2.24) is 9.80 Å². The van der Waals surface area contributed by atoms with Crippen LogP contribution >= 0.6 is 0 Å². The van der Waals surface area contributed by atoms with Gasteiger partial charge in [-0.3, -0.25) is 4.90 Å². The molecule has 3 rings (SSSR count). The third kappa shape index (κ3) is 4.15. The molecular weight excluding hydrogens is 298 g/mol. The molecule has 1 saturated heterocycles. The van der Waals surface area contributed by atoms with E-state index in [1.165, 1.54) is 16.7 Å². The fraction of sp³-hybridized carbons (Fsp3) is 0.350. The molecule has 0 aromatic heterocycles. The zero-order valence-corrected chi connectivity index (χ0v) is 14.5. The van der Waals surface area contributed by atoms with Crippen molar-refractivity contribution in [2.45, 2.75) is 20.4 Å². The monoisotopic (exact) mass is 323 g/mol. The third-order valence-corrected chi connectivity index (χ3v) is 4.58. The topological polar surface area (TPSA) is 35.6 Å². The molecular formula is C20H25N3O. The largest absolute Gasteiger partial charge is 0.322 e. The number of para-hydroxylation sites is 1. The van der Waals surface area contributed by atoms with Crippen LogP contribution in [0.15, 0.2) is 48.5 Å². The highest BCUT2D eigenvalue weighted by atomic mass is 16.2. The molecule has 1 aliphatic rings. The van der Waals surface area contributed by atoms with E-state index in [2.05, 4.69) is 42.3 Å². The summed E-state index contributed by atoms with van der Waals surface area (Å²) in [4.78, 5) is 16.6. The maximum atomic E-state index is 12.3. The van der Waals surface area contributed by atoms with Crippen LogP contribution in [0.25, 0.3) is 0 Å². The lowest BCUT2D eigenvalue weighted by atomic mass is 10.0. The highest BCUT2D eigenvalue weighted by Crippen LogP contribution is 2.15. The molecule has 1 heterocycles. The summed E-state index contributed by atoms with van der Waals surface area (Å²) in [6.45, 7) is 8.62. The summed E-state index contributed by atoms with van der Waals surface area (Å²) in [6, 6.07) is 16.2. The van der Waals surface area contributed by atoms with Crippen LogP contribution in [0.1, 0.15) is 16.7 Å². The predicted octanol–water partition coefficient (Wildman–Crippen LogP) is 3.65. The molecule has 1 N–H and O–H groups in total. The van der Waals surface area contributed by atoms with Crippen LogP contribution < -0.4 is 5.32 Å². The van der Waals surface area contributed by atoms with Crippen molar-refractivity contribution < 1.29 is 4.79 Å². The molecule has 0 bridgehead atoms. The van der Waals surface area contributed by atoms with Crippen molar-refractivity contribution in [3.05, 3.63) is 65.2 Å². The van der Waals surface area contributed by atoms with Crippen molar-refractivity contribution in [2.75, 3.05) is 31.5 Å². The van der Waals surface area contributed by atoms with Crippen LogP contribution in [-0.4, -0.2) is 42.0 Å². The van der Waals surface area contributed by atoms with Gasteiger partial charge in [0.05, 0.1) is 0 Å². The van der Waals surface area contributed by atoms with Crippen molar-refractivity contribution in [2.24, 2.45) is 0 Å². The second-order valence-corrected chi connectivity index (χ2v) is 6.49. The third-order valence-electron chi connectivity index (χ3n) is 4.58. The van der Waals surface area contributed by atoms with Crippen LogP contribution in [0.2, 0.25) is 0 Å². The number of urea groups is 1. The fourth-order valence-electron chi connectivity index (χ4n) is 3.04. The quantitative estimate of drug-likeness (QED) is 0.936. The smallest absolute Gasteiger partial charge is 0.321 e. The number of rotatable bonds is 3. The Morgan fingerprint density at radius 2 is 1.71 bits per heavy atom. The summed E-state index contributed by atoms with van der Waals surface area (Å²) in [5.74, 6) is 0. The number of nitrogens with one attached hydrogen (secondary N) is 1. The molecule has 126 valence electrons. The Hall–Kier alpha value is -2.33. The predicted molar refractivity (Wildman–Crippen MR) is 98.2 cm³/mol. The number of aryl methyl sites for hydroxylation is 2. The minimum absolute atomic E-state index is 0.00686. The number of benzene rings is 2. The Morgan fingerprint density at radius 3 is 2.42 bits per heavy atom. The average Bonchev–Trinajstić information content (AvgIpc) is 2.60. The van der Waals surface area contributed by atoms with E-state index < -0.39 is 0 Å². The Bertz CT molecular complexity index is 691. The molecule has 2 amide bonds. The van der Waals surface area contributed by atoms with E-state index in [0.29, 0.717) is 0 Å². The molecule has 24 heavy (non-hydrogen) atoms. The lowest BCUT2D eigenvalue weighted by Gasteiger charge is -2.35. The number of hydrogen-bond donors (Lipinski definition) is 1. The molecule has 1 fully saturated rings. The van der Waals surface area contributed by atoms with Crippen LogP contribution in [0.3, 0.4) is 0 Å². The highest BCUT2D eigenvalue weighted by molar-refractivity contribution is 5.89. The van der Waals surface area contributed by atoms with E-state index in [9.17, 15) is 4.79 Å². The molecule has 0 radical (unpaired) electrons. The van der Waals surface area contributed by atoms with Gasteiger partial charge < -0.3 is 10.2 Å². The molecule has 1 aliphatic heterocycles. The first kappa shape index (κ1) is 16.5. The minimum atomic E-state index is -0.00686. The average molecular weight is 323 g/mol. The lowest BCUT2D eigenvalue weighted by Crippen LogP contribution is -2.49. The summed E-state index contributed by atoms with van der Waals surface area (Å²) in [5, 5.41) is 2.96. The van der Waals surface area contributed by atoms with Gasteiger partial charge in [-0.25, -0.2) is 4.79 Å². The van der Waals surface area contributed by atoms with Crippen LogP contribution in [0.4, 0.5) is 10.5 Å². The molecule has 0 aliphatic carbocycles. The molecule has 2 aromatic rings. The van der Waals surface area contributed by atoms with E-state index in [0.717, 1.165) is 38.4 Å². The Morgan fingerprint density at radius 1 is 1.00 bits per heavy atom. The van der Waals surface area contributed by atoms with Gasteiger partial charge in [0.25, 0.3) is 0 Å². The zero-order valence-electron chi connectivity index (χ0n) is 14.5. The number of carbonyl (C=O) groups is 1. The highest BCUT2D eigenvalue weighted by Gasteiger charge is 2.21. The molecule has 4 nitrogen and oxygen atoms in total. The van der Waals surface area contributed by atoms with Gasteiger partial charge in [-0.15, -0.1) is 0 Å². The first-order valence-electron chi connectivity index (χ1n) is 8.51. The van der Waals surface area contributed by atoms with Crippen LogP contribution in [0, 0.1) is 13.8 Å². The van der Waals surface area contributed by atoms with Crippen LogP contribution in [-0.2, 0) is 6.54 Å². The van der Waals surface area contributed by atoms with Crippen LogP contribution in [0.5, 0.6) is 0 Å². The molecule has 0 atom stereocenters. The number of carbonyl (C=O) groups excluding carboxylic acids is 1. The second kappa shape index (κ2) is 7.49. The Labute approximate surface area is 144 Å². The van der Waals surface area contributed by atoms with E-state index in [1.54, 1.807) is 0 Å². The number of hydrogen-bond acceptors (Lipinski definition) is 2. The maximum absolute atomic E-state index is 12.3. The van der Waals surface area contributed by atoms with E-state index in [1.807, 2.05) is 35.2 Å². The van der Waals surface area contributed by atoms with E-state index in [-0.39, 0.29) is 6.03 Å². The summed E-state index contributed by atoms with van der Waals surface area (Å²) in [7, 11) is 0. The van der Waals surface area contributed by atoms with Crippen molar-refractivity contribution >= 4 is 11.7 Å². The number of piperazine rings is 1. The van der Waals surface area contributed by atoms with E-state index in [4.69, 9.17) is 0 Å². The summed E-state index contributed by atoms with van der Waals surface area (Å²) >= 11 is 0. The summed E-state index contributed by atoms with van der Waals surface area (Å²) in [6.07, 6.45) is 0. The fourth-order valence-corrected chi connectivity index (χ4v) is 3.04. The zero-order chi connectivity index (χ0) is 16.9. The minimum Gasteiger partial charge on any atom is -0.322 e. The van der Waals surface area contributed by atoms with Gasteiger partial charge in [-0.2, -0.15) is 0 Å². The van der Waals surface area contributed by atoms with Gasteiger partial charge in [0.15, 0.2) is 0 Å². The first-order valence-corrected chi connectivity index (χ1v) is 8.51. The molecule has 0 spiro atoms. The lowest BCUT2D eigenvalue weighted by molar-refractivity contribution is 0.143. The van der Waals surface area contributed by atoms with Gasteiger partial charge >= 0.3 is 6.03 Å². The molecule has 4 heteroatoms. The number of anilines is 1. The maximum Gasteiger partial charge on any atom is 0.321 e. The van der Waals surface area contributed by atoms with Crippen molar-refractivity contribution in [3.63, 3.8) is 0 Å². The Balaban J connectivity index is 1.52. The number of amides is 2. The number of nitrogens with zero attached hydrogens (tertiary/aromatic N) is 2. The first-order chi connectivity index (χ1) is 11.6. The van der Waals surface area contributed by atoms with Gasteiger partial charge in [-0.1, -0.05) is 42.0 Å². The molecule has 2 aromatic carbocycles. The second-order valence-electron chi connectivity index (χ2n) is 6.49. The van der Waals surface area contributed by atoms with Gasteiger partial charge in [-0.05, 0) is 37.1 Å². The van der Waals surface area contributed by atoms with Gasteiger partial charge in [0.2, 0.25) is 0 Å². The van der Waals surface area contributed by atoms with E-state index >= 15 is 0 Å². The summed E-state index contributed by atoms with van der Waals surface area (Å²) < 4.78 is 0. The van der Waals surface area contributed by atoms with Crippen molar-refractivity contribution in [3.8, 4) is 0 Å².